The van der Waals surface area contributed by atoms with Gasteiger partial charge in [0.1, 0.15) is 0 Å². The first-order valence-corrected chi connectivity index (χ1v) is 5.11. The fraction of sp³-hybridized carbons (Fsp3) is 1.00. The minimum absolute atomic E-state index is 0.250. The lowest BCUT2D eigenvalue weighted by atomic mass is 10.4. The van der Waals surface area contributed by atoms with Gasteiger partial charge in [0, 0.05) is 6.92 Å². The van der Waals surface area contributed by atoms with E-state index in [1.54, 1.807) is 0 Å². The Morgan fingerprint density at radius 2 is 1.54 bits per heavy atom. The second-order valence-corrected chi connectivity index (χ2v) is 4.07. The molecule has 3 N–H and O–H groups in total. The zero-order valence-corrected chi connectivity index (χ0v) is 9.11. The predicted molar refractivity (Wildman–Crippen MR) is 48.5 cm³/mol. The molecule has 0 aliphatic carbocycles. The maximum absolute atomic E-state index is 9.05. The van der Waals surface area contributed by atoms with Crippen molar-refractivity contribution in [3.8, 4) is 0 Å². The summed E-state index contributed by atoms with van der Waals surface area (Å²) in [5.74, 6) is 0. The molecule has 7 heteroatoms. The fourth-order valence-corrected chi connectivity index (χ4v) is 0.264. The van der Waals surface area contributed by atoms with E-state index in [-0.39, 0.29) is 6.23 Å². The third-order valence-corrected chi connectivity index (χ3v) is 1.83. The number of aliphatic hydroxyl groups excluding tert-OH is 1. The summed E-state index contributed by atoms with van der Waals surface area (Å²) in [6, 6.07) is 0. The Hall–Kier alpha value is -0.210. The fourth-order valence-electron chi connectivity index (χ4n) is 0.264. The van der Waals surface area contributed by atoms with Crippen LogP contribution in [0.25, 0.3) is 0 Å². The van der Waals surface area contributed by atoms with Crippen LogP contribution < -0.4 is 0 Å². The van der Waals surface area contributed by atoms with Gasteiger partial charge in [-0.15, -0.1) is 0 Å². The highest BCUT2D eigenvalue weighted by Crippen LogP contribution is 2.00. The number of nitrogens with zero attached hydrogens (tertiary/aromatic N) is 1. The van der Waals surface area contributed by atoms with Crippen molar-refractivity contribution < 1.29 is 27.1 Å². The van der Waals surface area contributed by atoms with Crippen LogP contribution in [0.2, 0.25) is 0 Å². The molecule has 0 aromatic heterocycles. The van der Waals surface area contributed by atoms with Gasteiger partial charge in [-0.2, -0.15) is 8.42 Å². The van der Waals surface area contributed by atoms with E-state index in [9.17, 15) is 0 Å². The number of quaternary nitrogens is 1. The summed E-state index contributed by atoms with van der Waals surface area (Å²) >= 11 is 0. The van der Waals surface area contributed by atoms with E-state index < -0.39 is 10.4 Å². The monoisotopic (exact) mass is 216 g/mol. The lowest BCUT2D eigenvalue weighted by Crippen LogP contribution is -2.46. The molecule has 0 aliphatic rings. The molecule has 0 aromatic carbocycles. The Bertz CT molecular complexity index is 213. The highest BCUT2D eigenvalue weighted by Gasteiger charge is 2.17. The molecule has 0 bridgehead atoms. The minimum Gasteiger partial charge on any atom is -0.345 e. The van der Waals surface area contributed by atoms with Crippen molar-refractivity contribution in [2.75, 3.05) is 20.6 Å². The Morgan fingerprint density at radius 3 is 1.54 bits per heavy atom. The third kappa shape index (κ3) is 14.6. The molecule has 0 rings (SSSR count). The molecule has 0 aliphatic heterocycles. The average molecular weight is 216 g/mol. The number of aliphatic hydroxyl groups is 1. The van der Waals surface area contributed by atoms with Crippen LogP contribution in [-0.4, -0.2) is 54.0 Å². The third-order valence-electron chi connectivity index (χ3n) is 1.83. The van der Waals surface area contributed by atoms with Gasteiger partial charge in [-0.05, 0) is 6.92 Å². The molecule has 0 spiro atoms. The number of hydrogen-bond acceptors (Lipinski definition) is 3. The molecule has 13 heavy (non-hydrogen) atoms. The zero-order chi connectivity index (χ0) is 11.3. The van der Waals surface area contributed by atoms with Gasteiger partial charge in [0.2, 0.25) is 0 Å². The Kier molecular flexibility index (Phi) is 6.47. The standard InChI is InChI=1S/C6H16NO.H2O4S/c1-5-7(3,4)6(2)8;1-5(2,3)4/h6,8H,5H2,1-4H3;(H2,1,2,3,4)/q+1;. The van der Waals surface area contributed by atoms with Crippen molar-refractivity contribution in [2.45, 2.75) is 20.1 Å². The molecule has 82 valence electrons. The highest BCUT2D eigenvalue weighted by atomic mass is 32.3. The molecule has 0 saturated carbocycles. The summed E-state index contributed by atoms with van der Waals surface area (Å²) < 4.78 is 32.3. The molecule has 0 radical (unpaired) electrons. The molecule has 0 amide bonds. The summed E-state index contributed by atoms with van der Waals surface area (Å²) in [7, 11) is -0.657. The summed E-state index contributed by atoms with van der Waals surface area (Å²) in [6.07, 6.45) is -0.250. The van der Waals surface area contributed by atoms with Crippen LogP contribution in [0.1, 0.15) is 13.8 Å². The minimum atomic E-state index is -4.67. The maximum Gasteiger partial charge on any atom is 0.394 e. The lowest BCUT2D eigenvalue weighted by molar-refractivity contribution is -0.932. The molecular weight excluding hydrogens is 198 g/mol. The summed E-state index contributed by atoms with van der Waals surface area (Å²) in [5, 5.41) is 9.05. The van der Waals surface area contributed by atoms with E-state index in [1.807, 2.05) is 21.0 Å². The predicted octanol–water partition coefficient (Wildman–Crippen LogP) is -0.232. The normalized spacial score (nSPS) is 14.4. The first-order valence-electron chi connectivity index (χ1n) is 3.71. The van der Waals surface area contributed by atoms with E-state index in [4.69, 9.17) is 22.6 Å². The average Bonchev–Trinajstić information content (AvgIpc) is 1.83. The van der Waals surface area contributed by atoms with Gasteiger partial charge in [-0.1, -0.05) is 0 Å². The molecule has 1 unspecified atom stereocenters. The van der Waals surface area contributed by atoms with E-state index in [0.717, 1.165) is 6.54 Å². The van der Waals surface area contributed by atoms with Gasteiger partial charge < -0.3 is 9.59 Å². The summed E-state index contributed by atoms with van der Waals surface area (Å²) in [4.78, 5) is 0. The molecule has 0 saturated heterocycles. The summed E-state index contributed by atoms with van der Waals surface area (Å²) in [5.41, 5.74) is 0. The van der Waals surface area contributed by atoms with Crippen molar-refractivity contribution in [1.29, 1.82) is 0 Å². The van der Waals surface area contributed by atoms with Crippen LogP contribution in [0.3, 0.4) is 0 Å². The largest absolute Gasteiger partial charge is 0.394 e. The molecular formula is C6H18NO5S+. The van der Waals surface area contributed by atoms with Crippen LogP contribution in [0, 0.1) is 0 Å². The second-order valence-electron chi connectivity index (χ2n) is 3.17. The topological polar surface area (TPSA) is 94.8 Å². The van der Waals surface area contributed by atoms with E-state index in [1.165, 1.54) is 0 Å². The molecule has 0 heterocycles. The van der Waals surface area contributed by atoms with Crippen LogP contribution >= 0.6 is 0 Å². The Labute approximate surface area is 79.0 Å². The van der Waals surface area contributed by atoms with Gasteiger partial charge in [-0.25, -0.2) is 0 Å². The smallest absolute Gasteiger partial charge is 0.345 e. The first-order chi connectivity index (χ1) is 5.50. The Morgan fingerprint density at radius 1 is 1.31 bits per heavy atom. The van der Waals surface area contributed by atoms with E-state index >= 15 is 0 Å². The second kappa shape index (κ2) is 5.51. The van der Waals surface area contributed by atoms with Crippen molar-refractivity contribution in [2.24, 2.45) is 0 Å². The van der Waals surface area contributed by atoms with Gasteiger partial charge in [0.15, 0.2) is 6.23 Å². The summed E-state index contributed by atoms with van der Waals surface area (Å²) in [6.45, 7) is 4.84. The molecule has 0 aromatic rings. The molecule has 1 atom stereocenters. The Balaban J connectivity index is 0. The number of rotatable bonds is 2. The van der Waals surface area contributed by atoms with Crippen molar-refractivity contribution in [3.05, 3.63) is 0 Å². The molecule has 6 nitrogen and oxygen atoms in total. The maximum atomic E-state index is 9.05. The van der Waals surface area contributed by atoms with Crippen molar-refractivity contribution in [3.63, 3.8) is 0 Å². The first kappa shape index (κ1) is 15.3. The quantitative estimate of drug-likeness (QED) is 0.336. The highest BCUT2D eigenvalue weighted by molar-refractivity contribution is 7.79. The van der Waals surface area contributed by atoms with Crippen molar-refractivity contribution >= 4 is 10.4 Å². The van der Waals surface area contributed by atoms with Crippen LogP contribution in [-0.2, 0) is 10.4 Å². The van der Waals surface area contributed by atoms with E-state index in [0.29, 0.717) is 4.48 Å². The zero-order valence-electron chi connectivity index (χ0n) is 8.30. The van der Waals surface area contributed by atoms with Crippen LogP contribution in [0.15, 0.2) is 0 Å². The lowest BCUT2D eigenvalue weighted by Gasteiger charge is -2.30. The van der Waals surface area contributed by atoms with Gasteiger partial charge in [-0.3, -0.25) is 9.11 Å². The molecule has 0 fully saturated rings. The van der Waals surface area contributed by atoms with Gasteiger partial charge in [0.25, 0.3) is 0 Å². The van der Waals surface area contributed by atoms with Crippen LogP contribution in [0.4, 0.5) is 0 Å². The SMILES string of the molecule is CC[N+](C)(C)C(C)O.O=S(=O)(O)O. The van der Waals surface area contributed by atoms with E-state index in [2.05, 4.69) is 6.92 Å². The van der Waals surface area contributed by atoms with Crippen molar-refractivity contribution in [1.82, 2.24) is 0 Å². The van der Waals surface area contributed by atoms with Crippen LogP contribution in [0.5, 0.6) is 0 Å². The van der Waals surface area contributed by atoms with Gasteiger partial charge >= 0.3 is 10.4 Å². The number of hydrogen-bond donors (Lipinski definition) is 3. The van der Waals surface area contributed by atoms with Gasteiger partial charge in [0.05, 0.1) is 20.6 Å².